The van der Waals surface area contributed by atoms with E-state index in [4.69, 9.17) is 9.26 Å². The lowest BCUT2D eigenvalue weighted by Crippen LogP contribution is -2.34. The highest BCUT2D eigenvalue weighted by atomic mass is 16.5. The lowest BCUT2D eigenvalue weighted by Gasteiger charge is -2.27. The van der Waals surface area contributed by atoms with Crippen molar-refractivity contribution >= 4 is 17.5 Å². The molecule has 130 valence electrons. The first-order chi connectivity index (χ1) is 12.0. The molecule has 1 aliphatic heterocycles. The molecule has 2 amide bonds. The fourth-order valence-electron chi connectivity index (χ4n) is 2.93. The number of fused-ring (bicyclic) bond motifs is 1. The Morgan fingerprint density at radius 1 is 1.40 bits per heavy atom. The van der Waals surface area contributed by atoms with Gasteiger partial charge in [-0.25, -0.2) is 4.99 Å². The quantitative estimate of drug-likeness (QED) is 0.897. The molecule has 1 atom stereocenters. The Morgan fingerprint density at radius 3 is 2.88 bits per heavy atom. The molecule has 0 radical (unpaired) electrons. The molecule has 0 aromatic carbocycles. The third kappa shape index (κ3) is 3.66. The van der Waals surface area contributed by atoms with Crippen LogP contribution in [-0.4, -0.2) is 36.4 Å². The van der Waals surface area contributed by atoms with Crippen molar-refractivity contribution in [1.29, 1.82) is 0 Å². The molecule has 7 nitrogen and oxygen atoms in total. The molecule has 1 aliphatic carbocycles. The smallest absolute Gasteiger partial charge is 0.250 e. The van der Waals surface area contributed by atoms with E-state index in [1.165, 1.54) is 0 Å². The molecule has 1 N–H and O–H groups in total. The van der Waals surface area contributed by atoms with E-state index >= 15 is 0 Å². The largest absolute Gasteiger partial charge is 0.380 e. The number of ether oxygens (including phenoxy) is 1. The third-order valence-electron chi connectivity index (χ3n) is 4.16. The Bertz CT molecular complexity index is 823. The van der Waals surface area contributed by atoms with Crippen LogP contribution < -0.4 is 5.32 Å². The molecular formula is C18H19N3O4. The number of allylic oxidation sites excluding steroid dienone is 3. The minimum absolute atomic E-state index is 0.0609. The molecule has 25 heavy (non-hydrogen) atoms. The highest BCUT2D eigenvalue weighted by Crippen LogP contribution is 2.27. The summed E-state index contributed by atoms with van der Waals surface area (Å²) in [6, 6.07) is 0. The predicted molar refractivity (Wildman–Crippen MR) is 90.9 cm³/mol. The van der Waals surface area contributed by atoms with E-state index in [1.807, 2.05) is 6.08 Å². The Kier molecular flexibility index (Phi) is 4.76. The number of hydrogen-bond donors (Lipinski definition) is 1. The molecule has 2 aliphatic rings. The van der Waals surface area contributed by atoms with Gasteiger partial charge in [-0.2, -0.15) is 0 Å². The van der Waals surface area contributed by atoms with Crippen molar-refractivity contribution in [2.75, 3.05) is 13.7 Å². The van der Waals surface area contributed by atoms with Crippen molar-refractivity contribution < 1.29 is 18.8 Å². The van der Waals surface area contributed by atoms with Crippen molar-refractivity contribution in [1.82, 2.24) is 10.5 Å². The van der Waals surface area contributed by atoms with Crippen LogP contribution >= 0.6 is 0 Å². The number of rotatable bonds is 4. The fraction of sp³-hybridized carbons (Fsp3) is 0.333. The lowest BCUT2D eigenvalue weighted by molar-refractivity contribution is -0.117. The molecule has 1 unspecified atom stereocenters. The van der Waals surface area contributed by atoms with Crippen molar-refractivity contribution in [2.45, 2.75) is 20.3 Å². The number of aryl methyl sites for hydroxylation is 2. The first-order valence-corrected chi connectivity index (χ1v) is 7.91. The maximum Gasteiger partial charge on any atom is 0.250 e. The summed E-state index contributed by atoms with van der Waals surface area (Å²) in [5, 5.41) is 6.63. The van der Waals surface area contributed by atoms with Gasteiger partial charge in [0.1, 0.15) is 5.76 Å². The van der Waals surface area contributed by atoms with Crippen LogP contribution in [-0.2, 0) is 20.7 Å². The second-order valence-electron chi connectivity index (χ2n) is 5.99. The highest BCUT2D eigenvalue weighted by Gasteiger charge is 2.26. The zero-order chi connectivity index (χ0) is 18.0. The zero-order valence-corrected chi connectivity index (χ0v) is 14.3. The molecule has 0 fully saturated rings. The van der Waals surface area contributed by atoms with Crippen LogP contribution in [0.5, 0.6) is 0 Å². The number of carbonyl (C=O) groups is 2. The molecule has 3 rings (SSSR count). The maximum absolute atomic E-state index is 12.2. The van der Waals surface area contributed by atoms with Gasteiger partial charge in [-0.15, -0.1) is 0 Å². The molecule has 0 spiro atoms. The van der Waals surface area contributed by atoms with Crippen LogP contribution in [0.25, 0.3) is 0 Å². The van der Waals surface area contributed by atoms with E-state index in [1.54, 1.807) is 39.2 Å². The van der Waals surface area contributed by atoms with Crippen LogP contribution in [0.2, 0.25) is 0 Å². The standard InChI is InChI=1S/C18H19N3O4/c1-10-15(11(2)25-21-10)8-18(23)19-13-4-5-14-12(9-24-3)6-17(22)20-16(14)7-13/h4-7,14H,8-9H2,1-3H3,(H,20,22). The van der Waals surface area contributed by atoms with E-state index in [2.05, 4.69) is 15.5 Å². The fourth-order valence-corrected chi connectivity index (χ4v) is 2.93. The minimum Gasteiger partial charge on any atom is -0.380 e. The zero-order valence-electron chi connectivity index (χ0n) is 14.3. The first-order valence-electron chi connectivity index (χ1n) is 7.91. The van der Waals surface area contributed by atoms with Crippen LogP contribution in [0, 0.1) is 19.8 Å². The summed E-state index contributed by atoms with van der Waals surface area (Å²) in [6.07, 6.45) is 7.07. The van der Waals surface area contributed by atoms with Crippen molar-refractivity contribution in [3.05, 3.63) is 52.6 Å². The normalized spacial score (nSPS) is 20.8. The molecule has 0 bridgehead atoms. The van der Waals surface area contributed by atoms with Gasteiger partial charge in [-0.3, -0.25) is 9.59 Å². The topological polar surface area (TPSA) is 93.8 Å². The first kappa shape index (κ1) is 17.0. The van der Waals surface area contributed by atoms with Gasteiger partial charge in [0.25, 0.3) is 5.91 Å². The molecule has 7 heteroatoms. The molecule has 1 aromatic heterocycles. The Morgan fingerprint density at radius 2 is 2.20 bits per heavy atom. The van der Waals surface area contributed by atoms with Crippen LogP contribution in [0.3, 0.4) is 0 Å². The average molecular weight is 341 g/mol. The number of aromatic nitrogens is 1. The van der Waals surface area contributed by atoms with Crippen LogP contribution in [0.1, 0.15) is 17.0 Å². The Labute approximate surface area is 145 Å². The minimum atomic E-state index is -0.292. The summed E-state index contributed by atoms with van der Waals surface area (Å²) in [7, 11) is 1.59. The number of amides is 2. The van der Waals surface area contributed by atoms with Gasteiger partial charge in [-0.05, 0) is 31.6 Å². The summed E-state index contributed by atoms with van der Waals surface area (Å²) in [6.45, 7) is 3.93. The summed E-state index contributed by atoms with van der Waals surface area (Å²) in [5.74, 6) is 0.0669. The van der Waals surface area contributed by atoms with Crippen LogP contribution in [0.4, 0.5) is 0 Å². The second kappa shape index (κ2) is 6.98. The van der Waals surface area contributed by atoms with Crippen molar-refractivity contribution in [3.8, 4) is 0 Å². The highest BCUT2D eigenvalue weighted by molar-refractivity contribution is 6.11. The van der Waals surface area contributed by atoms with Gasteiger partial charge >= 0.3 is 0 Å². The van der Waals surface area contributed by atoms with Gasteiger partial charge in [0.2, 0.25) is 5.91 Å². The summed E-state index contributed by atoms with van der Waals surface area (Å²) in [5.41, 5.74) is 3.52. The van der Waals surface area contributed by atoms with Gasteiger partial charge < -0.3 is 14.6 Å². The number of carbonyl (C=O) groups excluding carboxylic acids is 2. The van der Waals surface area contributed by atoms with Crippen molar-refractivity contribution in [3.63, 3.8) is 0 Å². The van der Waals surface area contributed by atoms with Gasteiger partial charge in [0, 0.05) is 30.4 Å². The predicted octanol–water partition coefficient (Wildman–Crippen LogP) is 1.57. The maximum atomic E-state index is 12.2. The summed E-state index contributed by atoms with van der Waals surface area (Å²) < 4.78 is 10.2. The van der Waals surface area contributed by atoms with E-state index < -0.39 is 0 Å². The molecule has 1 aromatic rings. The molecule has 0 saturated heterocycles. The van der Waals surface area contributed by atoms with Crippen LogP contribution in [0.15, 0.2) is 45.1 Å². The van der Waals surface area contributed by atoms with Gasteiger partial charge in [0.05, 0.1) is 24.4 Å². The SMILES string of the molecule is COCC1=CC(=O)NC2=CC(=NC(=O)Cc3c(C)noc3C)C=CC12. The lowest BCUT2D eigenvalue weighted by atomic mass is 9.88. The Balaban J connectivity index is 1.78. The average Bonchev–Trinajstić information content (AvgIpc) is 2.86. The number of hydrogen-bond acceptors (Lipinski definition) is 5. The number of aliphatic imine (C=N–C) groups is 1. The summed E-state index contributed by atoms with van der Waals surface area (Å²) >= 11 is 0. The van der Waals surface area contributed by atoms with Gasteiger partial charge in [0.15, 0.2) is 0 Å². The van der Waals surface area contributed by atoms with E-state index in [0.717, 1.165) is 11.1 Å². The molecular weight excluding hydrogens is 322 g/mol. The number of methoxy groups -OCH3 is 1. The molecule has 2 heterocycles. The van der Waals surface area contributed by atoms with E-state index in [9.17, 15) is 9.59 Å². The number of nitrogens with one attached hydrogen (secondary N) is 1. The second-order valence-corrected chi connectivity index (χ2v) is 5.99. The molecule has 0 saturated carbocycles. The van der Waals surface area contributed by atoms with E-state index in [0.29, 0.717) is 29.5 Å². The third-order valence-corrected chi connectivity index (χ3v) is 4.16. The summed E-state index contributed by atoms with van der Waals surface area (Å²) in [4.78, 5) is 28.1. The van der Waals surface area contributed by atoms with E-state index in [-0.39, 0.29) is 24.2 Å². The number of nitrogens with zero attached hydrogens (tertiary/aromatic N) is 2. The Hall–Kier alpha value is -2.80. The van der Waals surface area contributed by atoms with Crippen molar-refractivity contribution in [2.24, 2.45) is 10.9 Å². The van der Waals surface area contributed by atoms with Gasteiger partial charge in [-0.1, -0.05) is 11.2 Å². The monoisotopic (exact) mass is 341 g/mol.